The van der Waals surface area contributed by atoms with Crippen LogP contribution in [-0.2, 0) is 21.7 Å². The van der Waals surface area contributed by atoms with Crippen LogP contribution in [0.3, 0.4) is 0 Å². The molecule has 4 heterocycles. The molecule has 0 spiro atoms. The third-order valence-corrected chi connectivity index (χ3v) is 15.1. The fraction of sp³-hybridized carbons (Fsp3) is 0.229. The molecule has 12 aromatic rings. The Kier molecular flexibility index (Phi) is 11.9. The molecule has 0 aliphatic heterocycles. The van der Waals surface area contributed by atoms with Gasteiger partial charge in [-0.25, -0.2) is 29.9 Å². The number of fused-ring (bicyclic) bond motifs is 7. The number of rotatable bonds is 7. The summed E-state index contributed by atoms with van der Waals surface area (Å²) in [5, 5.41) is 4.26. The molecule has 0 radical (unpaired) electrons. The average molecular weight is 1020 g/mol. The van der Waals surface area contributed by atoms with Crippen molar-refractivity contribution in [1.82, 2.24) is 34.5 Å². The summed E-state index contributed by atoms with van der Waals surface area (Å²) in [5.74, 6) is 3.37. The zero-order valence-corrected chi connectivity index (χ0v) is 46.8. The maximum atomic E-state index is 6.80. The summed E-state index contributed by atoms with van der Waals surface area (Å²) < 4.78 is 9.15. The lowest BCUT2D eigenvalue weighted by atomic mass is 9.79. The zero-order chi connectivity index (χ0) is 54.5. The van der Waals surface area contributed by atoms with Crippen molar-refractivity contribution in [3.05, 3.63) is 198 Å². The van der Waals surface area contributed by atoms with E-state index in [0.717, 1.165) is 82.8 Å². The van der Waals surface area contributed by atoms with E-state index in [1.807, 2.05) is 72.8 Å². The lowest BCUT2D eigenvalue weighted by molar-refractivity contribution is 0.568. The highest BCUT2D eigenvalue weighted by Gasteiger charge is 2.28. The Hall–Kier alpha value is -8.62. The first kappa shape index (κ1) is 50.2. The van der Waals surface area contributed by atoms with Crippen molar-refractivity contribution in [1.29, 1.82) is 0 Å². The second kappa shape index (κ2) is 18.5. The minimum Gasteiger partial charge on any atom is -0.455 e. The van der Waals surface area contributed by atoms with Gasteiger partial charge in [-0.2, -0.15) is 0 Å². The van der Waals surface area contributed by atoms with Gasteiger partial charge in [0.15, 0.2) is 34.9 Å². The predicted molar refractivity (Wildman–Crippen MR) is 322 cm³/mol. The van der Waals surface area contributed by atoms with E-state index >= 15 is 0 Å². The molecule has 4 aromatic heterocycles. The Labute approximate surface area is 457 Å². The number of para-hydroxylation sites is 2. The third kappa shape index (κ3) is 9.23. The Morgan fingerprint density at radius 1 is 0.321 bits per heavy atom. The molecule has 0 aliphatic rings. The smallest absolute Gasteiger partial charge is 0.166 e. The second-order valence-corrected chi connectivity index (χ2v) is 25.0. The summed E-state index contributed by atoms with van der Waals surface area (Å²) in [6.07, 6.45) is 0. The van der Waals surface area contributed by atoms with Gasteiger partial charge < -0.3 is 8.98 Å². The fourth-order valence-electron chi connectivity index (χ4n) is 10.5. The molecular formula is C70H65N7O. The van der Waals surface area contributed by atoms with Gasteiger partial charge in [-0.3, -0.25) is 0 Å². The molecule has 0 amide bonds. The van der Waals surface area contributed by atoms with E-state index in [2.05, 4.69) is 191 Å². The van der Waals surface area contributed by atoms with Gasteiger partial charge in [-0.15, -0.1) is 0 Å². The van der Waals surface area contributed by atoms with Crippen molar-refractivity contribution in [2.24, 2.45) is 0 Å². The van der Waals surface area contributed by atoms with Crippen molar-refractivity contribution in [3.8, 4) is 74.0 Å². The number of aromatic nitrogens is 7. The summed E-state index contributed by atoms with van der Waals surface area (Å²) >= 11 is 0. The molecule has 0 fully saturated rings. The molecule has 12 rings (SSSR count). The summed E-state index contributed by atoms with van der Waals surface area (Å²) in [6, 6.07) is 61.7. The molecule has 0 N–H and O–H groups in total. The molecule has 0 atom stereocenters. The van der Waals surface area contributed by atoms with Gasteiger partial charge in [0, 0.05) is 49.5 Å². The van der Waals surface area contributed by atoms with Crippen LogP contribution >= 0.6 is 0 Å². The standard InChI is InChI=1S/C70H65N7O/c1-67(2,3)47-35-45(36-48(40-47)68(4,5)6)64-74-65(46-37-49(69(7,8)9)41-50(38-46)70(10,11)12)76-66(75-64)54-39-44(63-72-61(42-23-15-13-16-24-42)71-62(73-63)43-25-17-14-18-26-43)31-33-56(54)77-55-29-21-19-28-53(55)59-57(77)34-32-52-51-27-20-22-30-58(51)78-60(52)59/h13-41H,1-12H3. The molecule has 0 unspecified atom stereocenters. The Morgan fingerprint density at radius 3 is 1.24 bits per heavy atom. The van der Waals surface area contributed by atoms with Gasteiger partial charge in [0.25, 0.3) is 0 Å². The van der Waals surface area contributed by atoms with Crippen molar-refractivity contribution in [2.45, 2.75) is 105 Å². The quantitative estimate of drug-likeness (QED) is 0.157. The topological polar surface area (TPSA) is 95.4 Å². The highest BCUT2D eigenvalue weighted by atomic mass is 16.3. The van der Waals surface area contributed by atoms with Crippen LogP contribution in [0.4, 0.5) is 0 Å². The maximum Gasteiger partial charge on any atom is 0.166 e. The van der Waals surface area contributed by atoms with Crippen molar-refractivity contribution in [3.63, 3.8) is 0 Å². The van der Waals surface area contributed by atoms with Crippen molar-refractivity contribution < 1.29 is 4.42 Å². The Morgan fingerprint density at radius 2 is 0.744 bits per heavy atom. The minimum atomic E-state index is -0.150. The molecule has 8 heteroatoms. The first-order valence-electron chi connectivity index (χ1n) is 27.1. The molecule has 8 nitrogen and oxygen atoms in total. The zero-order valence-electron chi connectivity index (χ0n) is 46.8. The van der Waals surface area contributed by atoms with E-state index in [0.29, 0.717) is 34.9 Å². The van der Waals surface area contributed by atoms with E-state index in [4.69, 9.17) is 34.3 Å². The number of hydrogen-bond donors (Lipinski definition) is 0. The fourth-order valence-corrected chi connectivity index (χ4v) is 10.5. The van der Waals surface area contributed by atoms with Crippen molar-refractivity contribution in [2.75, 3.05) is 0 Å². The summed E-state index contributed by atoms with van der Waals surface area (Å²) in [7, 11) is 0. The van der Waals surface area contributed by atoms with Gasteiger partial charge >= 0.3 is 0 Å². The van der Waals surface area contributed by atoms with Crippen molar-refractivity contribution >= 4 is 43.7 Å². The van der Waals surface area contributed by atoms with Crippen LogP contribution in [0, 0.1) is 0 Å². The summed E-state index contributed by atoms with van der Waals surface area (Å²) in [4.78, 5) is 32.4. The van der Waals surface area contributed by atoms with Crippen LogP contribution in [0.1, 0.15) is 105 Å². The minimum absolute atomic E-state index is 0.150. The second-order valence-electron chi connectivity index (χ2n) is 25.0. The Bertz CT molecular complexity index is 4080. The maximum absolute atomic E-state index is 6.80. The summed E-state index contributed by atoms with van der Waals surface area (Å²) in [6.45, 7) is 27.2. The van der Waals surface area contributed by atoms with Crippen LogP contribution in [0.25, 0.3) is 118 Å². The van der Waals surface area contributed by atoms with Crippen LogP contribution < -0.4 is 0 Å². The van der Waals surface area contributed by atoms with Gasteiger partial charge in [0.05, 0.1) is 22.1 Å². The molecule has 0 saturated carbocycles. The summed E-state index contributed by atoms with van der Waals surface area (Å²) in [5.41, 5.74) is 14.0. The number of hydrogen-bond acceptors (Lipinski definition) is 7. The SMILES string of the molecule is CC(C)(C)c1cc(-c2nc(-c3cc(C(C)(C)C)cc(C(C)(C)C)c3)nc(-c3cc(-c4nc(-c5ccccc5)nc(-c5ccccc5)n4)ccc3-n3c4ccccc4c4c5oc6ccccc6c5ccc43)n2)cc(C(C)(C)C)c1. The molecule has 0 bridgehead atoms. The Balaban J connectivity index is 1.20. The number of benzene rings is 8. The van der Waals surface area contributed by atoms with E-state index in [1.165, 1.54) is 22.3 Å². The van der Waals surface area contributed by atoms with Crippen LogP contribution in [0.2, 0.25) is 0 Å². The first-order chi connectivity index (χ1) is 37.2. The van der Waals surface area contributed by atoms with E-state index in [-0.39, 0.29) is 21.7 Å². The molecule has 0 saturated heterocycles. The lowest BCUT2D eigenvalue weighted by Crippen LogP contribution is -2.17. The van der Waals surface area contributed by atoms with Crippen LogP contribution in [0.5, 0.6) is 0 Å². The molecule has 78 heavy (non-hydrogen) atoms. The number of nitrogens with zero attached hydrogens (tertiary/aromatic N) is 7. The normalized spacial score (nSPS) is 12.6. The third-order valence-electron chi connectivity index (χ3n) is 15.1. The monoisotopic (exact) mass is 1020 g/mol. The highest BCUT2D eigenvalue weighted by Crippen LogP contribution is 2.44. The van der Waals surface area contributed by atoms with Gasteiger partial charge in [-0.05, 0) is 111 Å². The van der Waals surface area contributed by atoms with Gasteiger partial charge in [-0.1, -0.05) is 192 Å². The first-order valence-corrected chi connectivity index (χ1v) is 27.1. The molecular weight excluding hydrogens is 955 g/mol. The number of furan rings is 1. The predicted octanol–water partition coefficient (Wildman–Crippen LogP) is 18.2. The molecule has 0 aliphatic carbocycles. The molecule has 8 aromatic carbocycles. The lowest BCUT2D eigenvalue weighted by Gasteiger charge is -2.26. The van der Waals surface area contributed by atoms with Gasteiger partial charge in [0.2, 0.25) is 0 Å². The van der Waals surface area contributed by atoms with E-state index in [9.17, 15) is 0 Å². The van der Waals surface area contributed by atoms with Crippen LogP contribution in [0.15, 0.2) is 180 Å². The average Bonchev–Trinajstić information content (AvgIpc) is 4.17. The highest BCUT2D eigenvalue weighted by molar-refractivity contribution is 6.24. The van der Waals surface area contributed by atoms with E-state index in [1.54, 1.807) is 0 Å². The largest absolute Gasteiger partial charge is 0.455 e. The van der Waals surface area contributed by atoms with Crippen LogP contribution in [-0.4, -0.2) is 34.5 Å². The van der Waals surface area contributed by atoms with E-state index < -0.39 is 0 Å². The molecule has 386 valence electrons. The van der Waals surface area contributed by atoms with Gasteiger partial charge in [0.1, 0.15) is 11.2 Å².